The molecule has 118 valence electrons. The average molecular weight is 310 g/mol. The molecule has 0 unspecified atom stereocenters. The first kappa shape index (κ1) is 15.1. The van der Waals surface area contributed by atoms with Gasteiger partial charge in [0.25, 0.3) is 0 Å². The number of fused-ring (bicyclic) bond motifs is 3. The summed E-state index contributed by atoms with van der Waals surface area (Å²) < 4.78 is 5.34. The Balaban J connectivity index is 2.00. The fraction of sp³-hybridized carbons (Fsp3) is 0.222. The molecule has 2 aromatic carbocycles. The Kier molecular flexibility index (Phi) is 4.02. The standard InChI is InChI=1S/C18H18N2O3/c1-11(21)19-10-18(23-12(2)22)13-7-8-15-14-5-3-4-6-16(14)20-17(15)9-13/h3-9,18,20H,10H2,1-2H3,(H,19,21)/t18-/m1/s1. The highest BCUT2D eigenvalue weighted by atomic mass is 16.5. The Labute approximate surface area is 133 Å². The molecule has 0 bridgehead atoms. The van der Waals surface area contributed by atoms with Crippen molar-refractivity contribution in [1.82, 2.24) is 10.3 Å². The Hall–Kier alpha value is -2.82. The van der Waals surface area contributed by atoms with E-state index in [0.29, 0.717) is 0 Å². The number of aromatic nitrogens is 1. The monoisotopic (exact) mass is 310 g/mol. The topological polar surface area (TPSA) is 71.2 Å². The van der Waals surface area contributed by atoms with Crippen molar-refractivity contribution in [3.8, 4) is 0 Å². The van der Waals surface area contributed by atoms with Crippen LogP contribution in [0.15, 0.2) is 42.5 Å². The molecule has 1 aromatic heterocycles. The molecule has 1 atom stereocenters. The number of rotatable bonds is 4. The van der Waals surface area contributed by atoms with Gasteiger partial charge in [-0.1, -0.05) is 30.3 Å². The van der Waals surface area contributed by atoms with Crippen LogP contribution in [0.25, 0.3) is 21.8 Å². The summed E-state index contributed by atoms with van der Waals surface area (Å²) in [5.74, 6) is -0.536. The van der Waals surface area contributed by atoms with Crippen molar-refractivity contribution in [1.29, 1.82) is 0 Å². The number of carbonyl (C=O) groups is 2. The van der Waals surface area contributed by atoms with Crippen LogP contribution in [-0.2, 0) is 14.3 Å². The van der Waals surface area contributed by atoms with Crippen molar-refractivity contribution in [3.05, 3.63) is 48.0 Å². The second-order valence-corrected chi connectivity index (χ2v) is 5.51. The summed E-state index contributed by atoms with van der Waals surface area (Å²) in [7, 11) is 0. The van der Waals surface area contributed by atoms with Crippen LogP contribution in [0, 0.1) is 0 Å². The van der Waals surface area contributed by atoms with Crippen LogP contribution in [0.3, 0.4) is 0 Å². The minimum absolute atomic E-state index is 0.158. The number of para-hydroxylation sites is 1. The largest absolute Gasteiger partial charge is 0.456 e. The van der Waals surface area contributed by atoms with E-state index in [1.54, 1.807) is 0 Å². The fourth-order valence-electron chi connectivity index (χ4n) is 2.74. The van der Waals surface area contributed by atoms with Gasteiger partial charge in [-0.15, -0.1) is 0 Å². The maximum absolute atomic E-state index is 11.3. The van der Waals surface area contributed by atoms with Gasteiger partial charge in [-0.05, 0) is 17.7 Å². The van der Waals surface area contributed by atoms with Crippen LogP contribution in [0.4, 0.5) is 0 Å². The third-order valence-corrected chi connectivity index (χ3v) is 3.75. The van der Waals surface area contributed by atoms with Crippen molar-refractivity contribution in [2.24, 2.45) is 0 Å². The van der Waals surface area contributed by atoms with E-state index in [2.05, 4.69) is 16.4 Å². The van der Waals surface area contributed by atoms with Gasteiger partial charge in [0.15, 0.2) is 0 Å². The van der Waals surface area contributed by atoms with E-state index in [-0.39, 0.29) is 18.4 Å². The number of nitrogens with one attached hydrogen (secondary N) is 2. The molecule has 3 rings (SSSR count). The zero-order valence-electron chi connectivity index (χ0n) is 13.1. The van der Waals surface area contributed by atoms with Crippen molar-refractivity contribution >= 4 is 33.7 Å². The number of aromatic amines is 1. The third-order valence-electron chi connectivity index (χ3n) is 3.75. The highest BCUT2D eigenvalue weighted by Gasteiger charge is 2.16. The number of benzene rings is 2. The molecule has 5 nitrogen and oxygen atoms in total. The van der Waals surface area contributed by atoms with E-state index in [4.69, 9.17) is 4.74 Å². The van der Waals surface area contributed by atoms with Crippen LogP contribution in [0.2, 0.25) is 0 Å². The smallest absolute Gasteiger partial charge is 0.303 e. The molecular formula is C18H18N2O3. The van der Waals surface area contributed by atoms with Gasteiger partial charge in [-0.25, -0.2) is 0 Å². The Morgan fingerprint density at radius 1 is 1.09 bits per heavy atom. The quantitative estimate of drug-likeness (QED) is 0.728. The molecule has 0 aliphatic carbocycles. The molecule has 1 amide bonds. The van der Waals surface area contributed by atoms with Gasteiger partial charge >= 0.3 is 5.97 Å². The van der Waals surface area contributed by atoms with Crippen LogP contribution in [-0.4, -0.2) is 23.4 Å². The summed E-state index contributed by atoms with van der Waals surface area (Å²) >= 11 is 0. The molecule has 0 spiro atoms. The molecule has 5 heteroatoms. The molecule has 3 aromatic rings. The maximum Gasteiger partial charge on any atom is 0.303 e. The Morgan fingerprint density at radius 2 is 1.83 bits per heavy atom. The number of carbonyl (C=O) groups excluding carboxylic acids is 2. The number of H-pyrrole nitrogens is 1. The predicted octanol–water partition coefficient (Wildman–Crippen LogP) is 3.06. The Morgan fingerprint density at radius 3 is 2.57 bits per heavy atom. The molecule has 0 radical (unpaired) electrons. The lowest BCUT2D eigenvalue weighted by molar-refractivity contribution is -0.147. The molecule has 23 heavy (non-hydrogen) atoms. The molecule has 1 heterocycles. The average Bonchev–Trinajstić information content (AvgIpc) is 2.88. The van der Waals surface area contributed by atoms with Gasteiger partial charge in [0.2, 0.25) is 5.91 Å². The van der Waals surface area contributed by atoms with E-state index in [1.165, 1.54) is 13.8 Å². The summed E-state index contributed by atoms with van der Waals surface area (Å²) in [6.07, 6.45) is -0.507. The lowest BCUT2D eigenvalue weighted by Crippen LogP contribution is -2.28. The second-order valence-electron chi connectivity index (χ2n) is 5.51. The minimum Gasteiger partial charge on any atom is -0.456 e. The van der Waals surface area contributed by atoms with E-state index in [0.717, 1.165) is 27.4 Å². The normalized spacial score (nSPS) is 12.3. The lowest BCUT2D eigenvalue weighted by atomic mass is 10.1. The van der Waals surface area contributed by atoms with E-state index < -0.39 is 6.10 Å². The maximum atomic E-state index is 11.3. The first-order valence-electron chi connectivity index (χ1n) is 7.46. The summed E-state index contributed by atoms with van der Waals surface area (Å²) in [6.45, 7) is 3.05. The molecule has 2 N–H and O–H groups in total. The molecule has 0 aliphatic rings. The number of hydrogen-bond acceptors (Lipinski definition) is 3. The van der Waals surface area contributed by atoms with Crippen molar-refractivity contribution in [3.63, 3.8) is 0 Å². The van der Waals surface area contributed by atoms with E-state index in [1.807, 2.05) is 36.4 Å². The number of ether oxygens (including phenoxy) is 1. The fourth-order valence-corrected chi connectivity index (χ4v) is 2.74. The molecule has 0 aliphatic heterocycles. The zero-order valence-corrected chi connectivity index (χ0v) is 13.1. The lowest BCUT2D eigenvalue weighted by Gasteiger charge is -2.17. The molecular weight excluding hydrogens is 292 g/mol. The molecule has 0 fully saturated rings. The van der Waals surface area contributed by atoms with Crippen molar-refractivity contribution < 1.29 is 14.3 Å². The highest BCUT2D eigenvalue weighted by Crippen LogP contribution is 2.28. The van der Waals surface area contributed by atoms with Crippen LogP contribution < -0.4 is 5.32 Å². The highest BCUT2D eigenvalue weighted by molar-refractivity contribution is 6.07. The summed E-state index contributed by atoms with van der Waals surface area (Å²) in [4.78, 5) is 25.8. The first-order valence-corrected chi connectivity index (χ1v) is 7.46. The molecule has 0 saturated heterocycles. The molecule has 0 saturated carbocycles. The van der Waals surface area contributed by atoms with Gasteiger partial charge in [-0.2, -0.15) is 0 Å². The van der Waals surface area contributed by atoms with Crippen LogP contribution >= 0.6 is 0 Å². The number of esters is 1. The minimum atomic E-state index is -0.507. The van der Waals surface area contributed by atoms with Crippen LogP contribution in [0.1, 0.15) is 25.5 Å². The summed E-state index contributed by atoms with van der Waals surface area (Å²) in [5.41, 5.74) is 2.88. The zero-order chi connectivity index (χ0) is 16.4. The van der Waals surface area contributed by atoms with Gasteiger partial charge in [0, 0.05) is 35.7 Å². The summed E-state index contributed by atoms with van der Waals surface area (Å²) in [6, 6.07) is 14.0. The van der Waals surface area contributed by atoms with Gasteiger partial charge in [-0.3, -0.25) is 9.59 Å². The van der Waals surface area contributed by atoms with Gasteiger partial charge < -0.3 is 15.0 Å². The van der Waals surface area contributed by atoms with Crippen molar-refractivity contribution in [2.45, 2.75) is 20.0 Å². The van der Waals surface area contributed by atoms with E-state index in [9.17, 15) is 9.59 Å². The summed E-state index contributed by atoms with van der Waals surface area (Å²) in [5, 5.41) is 4.97. The van der Waals surface area contributed by atoms with Crippen molar-refractivity contribution in [2.75, 3.05) is 6.54 Å². The Bertz CT molecular complexity index is 882. The SMILES string of the molecule is CC(=O)NC[C@@H](OC(C)=O)c1ccc2c(c1)[nH]c1ccccc12. The number of amides is 1. The number of hydrogen-bond donors (Lipinski definition) is 2. The van der Waals surface area contributed by atoms with Crippen LogP contribution in [0.5, 0.6) is 0 Å². The third kappa shape index (κ3) is 3.18. The second kappa shape index (κ2) is 6.12. The predicted molar refractivity (Wildman–Crippen MR) is 89.0 cm³/mol. The van der Waals surface area contributed by atoms with E-state index >= 15 is 0 Å². The van der Waals surface area contributed by atoms with Gasteiger partial charge in [0.1, 0.15) is 6.10 Å². The van der Waals surface area contributed by atoms with Gasteiger partial charge in [0.05, 0.1) is 6.54 Å². The first-order chi connectivity index (χ1) is 11.0.